The maximum atomic E-state index is 12.1. The lowest BCUT2D eigenvalue weighted by molar-refractivity contribution is -0.148. The van der Waals surface area contributed by atoms with E-state index in [2.05, 4.69) is 0 Å². The van der Waals surface area contributed by atoms with Crippen LogP contribution in [0.15, 0.2) is 24.3 Å². The Labute approximate surface area is 158 Å². The molecule has 1 fully saturated rings. The summed E-state index contributed by atoms with van der Waals surface area (Å²) in [6.45, 7) is -0.447. The minimum absolute atomic E-state index is 0.0548. The molecule has 0 saturated carbocycles. The lowest BCUT2D eigenvalue weighted by Crippen LogP contribution is -2.40. The van der Waals surface area contributed by atoms with Gasteiger partial charge in [-0.25, -0.2) is 13.2 Å². The molecule has 0 bridgehead atoms. The Morgan fingerprint density at radius 2 is 1.81 bits per heavy atom. The van der Waals surface area contributed by atoms with Crippen molar-refractivity contribution in [3.8, 4) is 11.5 Å². The predicted molar refractivity (Wildman–Crippen MR) is 99.4 cm³/mol. The Hall–Kier alpha value is -2.55. The van der Waals surface area contributed by atoms with Gasteiger partial charge in [0.15, 0.2) is 16.4 Å². The van der Waals surface area contributed by atoms with Gasteiger partial charge in [-0.15, -0.1) is 0 Å². The van der Waals surface area contributed by atoms with E-state index in [9.17, 15) is 18.0 Å². The molecule has 148 valence electrons. The summed E-state index contributed by atoms with van der Waals surface area (Å²) in [6.07, 6.45) is 3.11. The number of methoxy groups -OCH3 is 2. The van der Waals surface area contributed by atoms with Gasteiger partial charge < -0.3 is 19.1 Å². The van der Waals surface area contributed by atoms with Crippen molar-refractivity contribution in [3.63, 3.8) is 0 Å². The van der Waals surface area contributed by atoms with E-state index in [0.29, 0.717) is 23.5 Å². The molecule has 0 spiro atoms. The number of amides is 1. The highest BCUT2D eigenvalue weighted by molar-refractivity contribution is 7.91. The molecule has 1 heterocycles. The Morgan fingerprint density at radius 1 is 1.19 bits per heavy atom. The van der Waals surface area contributed by atoms with Crippen LogP contribution in [-0.2, 0) is 24.2 Å². The standard InChI is InChI=1S/C18H23NO7S/c1-19(14-6-7-27(22,23)12-14)17(20)11-26-18(21)5-4-13-8-15(24-2)10-16(9-13)25-3/h4-5,8-10,14H,6-7,11-12H2,1-3H3/b5-4+/t14-/m1/s1. The van der Waals surface area contributed by atoms with Gasteiger partial charge in [-0.3, -0.25) is 4.79 Å². The van der Waals surface area contributed by atoms with Gasteiger partial charge in [0.05, 0.1) is 25.7 Å². The fourth-order valence-corrected chi connectivity index (χ4v) is 4.43. The molecule has 9 heteroatoms. The van der Waals surface area contributed by atoms with E-state index >= 15 is 0 Å². The van der Waals surface area contributed by atoms with Crippen LogP contribution >= 0.6 is 0 Å². The van der Waals surface area contributed by atoms with Crippen LogP contribution in [0.4, 0.5) is 0 Å². The summed E-state index contributed by atoms with van der Waals surface area (Å²) in [5.41, 5.74) is 0.669. The SMILES string of the molecule is COc1cc(/C=C/C(=O)OCC(=O)N(C)[C@@H]2CCS(=O)(=O)C2)cc(OC)c1. The van der Waals surface area contributed by atoms with Gasteiger partial charge in [-0.2, -0.15) is 0 Å². The lowest BCUT2D eigenvalue weighted by Gasteiger charge is -2.22. The molecular weight excluding hydrogens is 374 g/mol. The number of esters is 1. The van der Waals surface area contributed by atoms with Crippen molar-refractivity contribution in [2.45, 2.75) is 12.5 Å². The maximum Gasteiger partial charge on any atom is 0.331 e. The molecule has 1 saturated heterocycles. The van der Waals surface area contributed by atoms with Crippen LogP contribution in [0.5, 0.6) is 11.5 Å². The molecule has 0 N–H and O–H groups in total. The van der Waals surface area contributed by atoms with E-state index in [-0.39, 0.29) is 17.5 Å². The summed E-state index contributed by atoms with van der Waals surface area (Å²) < 4.78 is 38.2. The number of likely N-dealkylation sites (N-methyl/N-ethyl adjacent to an activating group) is 1. The van der Waals surface area contributed by atoms with E-state index in [1.165, 1.54) is 38.3 Å². The van der Waals surface area contributed by atoms with E-state index < -0.39 is 28.3 Å². The number of nitrogens with zero attached hydrogens (tertiary/aromatic N) is 1. The van der Waals surface area contributed by atoms with Gasteiger partial charge in [-0.1, -0.05) is 0 Å². The molecule has 0 aromatic heterocycles. The molecule has 1 atom stereocenters. The maximum absolute atomic E-state index is 12.1. The predicted octanol–water partition coefficient (Wildman–Crippen LogP) is 0.906. The first kappa shape index (κ1) is 20.8. The number of carbonyl (C=O) groups excluding carboxylic acids is 2. The number of rotatable bonds is 7. The zero-order valence-corrected chi connectivity index (χ0v) is 16.3. The molecule has 1 amide bonds. The second kappa shape index (κ2) is 8.90. The van der Waals surface area contributed by atoms with Crippen molar-refractivity contribution in [3.05, 3.63) is 29.8 Å². The van der Waals surface area contributed by atoms with Crippen LogP contribution in [0, 0.1) is 0 Å². The first-order chi connectivity index (χ1) is 12.7. The van der Waals surface area contributed by atoms with Gasteiger partial charge in [0.25, 0.3) is 5.91 Å². The molecule has 0 radical (unpaired) electrons. The van der Waals surface area contributed by atoms with E-state index in [4.69, 9.17) is 14.2 Å². The molecule has 8 nitrogen and oxygen atoms in total. The number of hydrogen-bond donors (Lipinski definition) is 0. The quantitative estimate of drug-likeness (QED) is 0.498. The average molecular weight is 397 g/mol. The minimum Gasteiger partial charge on any atom is -0.497 e. The van der Waals surface area contributed by atoms with Crippen molar-refractivity contribution < 1.29 is 32.2 Å². The zero-order valence-electron chi connectivity index (χ0n) is 15.5. The van der Waals surface area contributed by atoms with Crippen LogP contribution in [0.2, 0.25) is 0 Å². The molecule has 1 aliphatic rings. The summed E-state index contributed by atoms with van der Waals surface area (Å²) >= 11 is 0. The third-order valence-electron chi connectivity index (χ3n) is 4.27. The van der Waals surface area contributed by atoms with Crippen LogP contribution in [0.25, 0.3) is 6.08 Å². The monoisotopic (exact) mass is 397 g/mol. The Bertz CT molecular complexity index is 810. The second-order valence-electron chi connectivity index (χ2n) is 6.15. The van der Waals surface area contributed by atoms with Crippen molar-refractivity contribution in [1.82, 2.24) is 4.90 Å². The van der Waals surface area contributed by atoms with Crippen molar-refractivity contribution in [2.24, 2.45) is 0 Å². The largest absolute Gasteiger partial charge is 0.497 e. The molecule has 0 unspecified atom stereocenters. The van der Waals surface area contributed by atoms with E-state index in [0.717, 1.165) is 0 Å². The molecule has 1 aromatic rings. The van der Waals surface area contributed by atoms with Gasteiger partial charge >= 0.3 is 5.97 Å². The topological polar surface area (TPSA) is 99.2 Å². The van der Waals surface area contributed by atoms with E-state index in [1.54, 1.807) is 18.2 Å². The molecule has 0 aliphatic carbocycles. The smallest absolute Gasteiger partial charge is 0.331 e. The van der Waals surface area contributed by atoms with Crippen LogP contribution in [0.3, 0.4) is 0 Å². The highest BCUT2D eigenvalue weighted by Crippen LogP contribution is 2.23. The normalized spacial score (nSPS) is 18.3. The zero-order chi connectivity index (χ0) is 20.0. The number of sulfone groups is 1. The first-order valence-corrected chi connectivity index (χ1v) is 10.1. The van der Waals surface area contributed by atoms with Gasteiger partial charge in [0.1, 0.15) is 11.5 Å². The Balaban J connectivity index is 1.88. The minimum atomic E-state index is -3.09. The highest BCUT2D eigenvalue weighted by atomic mass is 32.2. The fourth-order valence-electron chi connectivity index (χ4n) is 2.66. The highest BCUT2D eigenvalue weighted by Gasteiger charge is 2.32. The summed E-state index contributed by atoms with van der Waals surface area (Å²) in [5, 5.41) is 0. The number of hydrogen-bond acceptors (Lipinski definition) is 7. The van der Waals surface area contributed by atoms with Crippen LogP contribution < -0.4 is 9.47 Å². The van der Waals surface area contributed by atoms with Gasteiger partial charge in [-0.05, 0) is 30.2 Å². The number of ether oxygens (including phenoxy) is 3. The van der Waals surface area contributed by atoms with Gasteiger partial charge in [0, 0.05) is 25.2 Å². The summed E-state index contributed by atoms with van der Waals surface area (Å²) in [7, 11) is 1.47. The molecule has 27 heavy (non-hydrogen) atoms. The Kier molecular flexibility index (Phi) is 6.84. The molecule has 1 aliphatic heterocycles. The Morgan fingerprint density at radius 3 is 2.33 bits per heavy atom. The average Bonchev–Trinajstić information content (AvgIpc) is 3.03. The van der Waals surface area contributed by atoms with Crippen molar-refractivity contribution in [2.75, 3.05) is 39.4 Å². The first-order valence-electron chi connectivity index (χ1n) is 8.28. The summed E-state index contributed by atoms with van der Waals surface area (Å²) in [6, 6.07) is 4.76. The van der Waals surface area contributed by atoms with E-state index in [1.807, 2.05) is 0 Å². The third kappa shape index (κ3) is 5.99. The van der Waals surface area contributed by atoms with Gasteiger partial charge in [0.2, 0.25) is 0 Å². The number of benzene rings is 1. The van der Waals surface area contributed by atoms with Crippen molar-refractivity contribution >= 4 is 27.8 Å². The van der Waals surface area contributed by atoms with Crippen molar-refractivity contribution in [1.29, 1.82) is 0 Å². The second-order valence-corrected chi connectivity index (χ2v) is 8.38. The molecular formula is C18H23NO7S. The van der Waals surface area contributed by atoms with Crippen LogP contribution in [0.1, 0.15) is 12.0 Å². The molecule has 2 rings (SSSR count). The summed E-state index contributed by atoms with van der Waals surface area (Å²) in [5.74, 6) is 0.0404. The lowest BCUT2D eigenvalue weighted by atomic mass is 10.2. The third-order valence-corrected chi connectivity index (χ3v) is 6.02. The fraction of sp³-hybridized carbons (Fsp3) is 0.444. The summed E-state index contributed by atoms with van der Waals surface area (Å²) in [4.78, 5) is 25.2. The number of carbonyl (C=O) groups is 2. The van der Waals surface area contributed by atoms with Crippen LogP contribution in [-0.4, -0.2) is 70.6 Å². The molecule has 1 aromatic carbocycles.